The fourth-order valence-electron chi connectivity index (χ4n) is 1.21. The number of sulfonamides is 1. The maximum Gasteiger partial charge on any atom is 0.404 e. The fourth-order valence-corrected chi connectivity index (χ4v) is 2.22. The van der Waals surface area contributed by atoms with E-state index < -0.39 is 34.0 Å². The monoisotopic (exact) mass is 276 g/mol. The number of nitrogens with one attached hydrogen (secondary N) is 1. The smallest absolute Gasteiger partial charge is 0.378 e. The summed E-state index contributed by atoms with van der Waals surface area (Å²) in [5, 5.41) is 2.25. The molecule has 1 atom stereocenters. The molecule has 102 valence electrons. The van der Waals surface area contributed by atoms with Crippen LogP contribution >= 0.6 is 0 Å². The Morgan fingerprint density at radius 1 is 1.41 bits per heavy atom. The zero-order valence-corrected chi connectivity index (χ0v) is 10.3. The summed E-state index contributed by atoms with van der Waals surface area (Å²) in [6, 6.07) is -2.50. The molecule has 1 aliphatic heterocycles. The molecule has 5 nitrogen and oxygen atoms in total. The van der Waals surface area contributed by atoms with Crippen LogP contribution in [0.3, 0.4) is 0 Å². The molecule has 0 radical (unpaired) electrons. The molecule has 0 aromatic rings. The first-order valence-electron chi connectivity index (χ1n) is 4.93. The van der Waals surface area contributed by atoms with Gasteiger partial charge in [-0.3, -0.25) is 5.32 Å². The number of hydrogen-bond acceptors (Lipinski definition) is 4. The summed E-state index contributed by atoms with van der Waals surface area (Å²) in [5.41, 5.74) is 0. The van der Waals surface area contributed by atoms with Gasteiger partial charge in [0.25, 0.3) is 0 Å². The van der Waals surface area contributed by atoms with Crippen LogP contribution in [-0.4, -0.2) is 64.0 Å². The number of halogens is 3. The van der Waals surface area contributed by atoms with E-state index in [1.807, 2.05) is 0 Å². The van der Waals surface area contributed by atoms with Gasteiger partial charge in [0.1, 0.15) is 6.04 Å². The summed E-state index contributed by atoms with van der Waals surface area (Å²) < 4.78 is 66.3. The molecule has 1 N–H and O–H groups in total. The molecule has 1 rings (SSSR count). The summed E-state index contributed by atoms with van der Waals surface area (Å²) in [6.45, 7) is 0.350. The second kappa shape index (κ2) is 5.09. The fraction of sp³-hybridized carbons (Fsp3) is 1.00. The predicted molar refractivity (Wildman–Crippen MR) is 55.1 cm³/mol. The number of alkyl halides is 3. The lowest BCUT2D eigenvalue weighted by atomic mass is 10.2. The highest BCUT2D eigenvalue weighted by atomic mass is 32.2. The first-order chi connectivity index (χ1) is 7.63. The maximum absolute atomic E-state index is 12.6. The third kappa shape index (κ3) is 4.09. The van der Waals surface area contributed by atoms with E-state index in [2.05, 4.69) is 5.32 Å². The van der Waals surface area contributed by atoms with Crippen LogP contribution in [0.15, 0.2) is 0 Å². The average molecular weight is 276 g/mol. The van der Waals surface area contributed by atoms with E-state index >= 15 is 0 Å². The summed E-state index contributed by atoms with van der Waals surface area (Å²) in [7, 11) is -1.49. The highest BCUT2D eigenvalue weighted by Gasteiger charge is 2.44. The first-order valence-corrected chi connectivity index (χ1v) is 6.54. The van der Waals surface area contributed by atoms with Crippen molar-refractivity contribution < 1.29 is 26.3 Å². The minimum Gasteiger partial charge on any atom is -0.378 e. The van der Waals surface area contributed by atoms with Crippen molar-refractivity contribution in [1.29, 1.82) is 0 Å². The van der Waals surface area contributed by atoms with Crippen LogP contribution in [0.1, 0.15) is 0 Å². The van der Waals surface area contributed by atoms with Crippen LogP contribution < -0.4 is 5.32 Å². The molecule has 0 aliphatic carbocycles. The summed E-state index contributed by atoms with van der Waals surface area (Å²) in [4.78, 5) is 0. The zero-order chi connectivity index (χ0) is 13.3. The molecule has 1 unspecified atom stereocenters. The topological polar surface area (TPSA) is 58.6 Å². The normalized spacial score (nSPS) is 20.4. The molecule has 1 saturated heterocycles. The summed E-state index contributed by atoms with van der Waals surface area (Å²) in [6.07, 6.45) is -4.60. The molecule has 0 saturated carbocycles. The SMILES string of the molecule is CN(C)S(=O)(=O)CC(NC1COC1)C(F)(F)F. The lowest BCUT2D eigenvalue weighted by Gasteiger charge is -2.32. The lowest BCUT2D eigenvalue weighted by molar-refractivity contribution is -0.159. The van der Waals surface area contributed by atoms with E-state index in [9.17, 15) is 21.6 Å². The van der Waals surface area contributed by atoms with Crippen molar-refractivity contribution in [2.75, 3.05) is 33.1 Å². The molecule has 1 fully saturated rings. The van der Waals surface area contributed by atoms with Gasteiger partial charge in [-0.2, -0.15) is 13.2 Å². The van der Waals surface area contributed by atoms with E-state index in [0.29, 0.717) is 0 Å². The van der Waals surface area contributed by atoms with E-state index in [-0.39, 0.29) is 13.2 Å². The predicted octanol–water partition coefficient (Wildman–Crippen LogP) is -0.203. The zero-order valence-electron chi connectivity index (χ0n) is 9.49. The van der Waals surface area contributed by atoms with Crippen LogP contribution in [0.25, 0.3) is 0 Å². The Hall–Kier alpha value is -0.380. The highest BCUT2D eigenvalue weighted by Crippen LogP contribution is 2.23. The van der Waals surface area contributed by atoms with Crippen molar-refractivity contribution in [3.8, 4) is 0 Å². The molecule has 9 heteroatoms. The van der Waals surface area contributed by atoms with Gasteiger partial charge < -0.3 is 4.74 Å². The maximum atomic E-state index is 12.6. The Bertz CT molecular complexity index is 352. The van der Waals surface area contributed by atoms with Crippen molar-refractivity contribution in [1.82, 2.24) is 9.62 Å². The standard InChI is InChI=1S/C8H15F3N2O3S/c1-13(2)17(14,15)5-7(8(9,10)11)12-6-3-16-4-6/h6-7,12H,3-5H2,1-2H3. The number of rotatable bonds is 5. The molecule has 0 spiro atoms. The highest BCUT2D eigenvalue weighted by molar-refractivity contribution is 7.89. The number of nitrogens with zero attached hydrogens (tertiary/aromatic N) is 1. The van der Waals surface area contributed by atoms with Gasteiger partial charge in [0.05, 0.1) is 25.0 Å². The van der Waals surface area contributed by atoms with Crippen LogP contribution in [0.5, 0.6) is 0 Å². The van der Waals surface area contributed by atoms with E-state index in [1.54, 1.807) is 0 Å². The van der Waals surface area contributed by atoms with Gasteiger partial charge in [0.15, 0.2) is 0 Å². The van der Waals surface area contributed by atoms with Crippen LogP contribution in [0.4, 0.5) is 13.2 Å². The van der Waals surface area contributed by atoms with Gasteiger partial charge in [0.2, 0.25) is 10.0 Å². The van der Waals surface area contributed by atoms with E-state index in [1.165, 1.54) is 14.1 Å². The summed E-state index contributed by atoms with van der Waals surface area (Å²) in [5.74, 6) is -1.00. The van der Waals surface area contributed by atoms with Gasteiger partial charge in [-0.1, -0.05) is 0 Å². The van der Waals surface area contributed by atoms with Gasteiger partial charge in [-0.05, 0) is 0 Å². The molecule has 0 aromatic carbocycles. The Morgan fingerprint density at radius 2 is 1.94 bits per heavy atom. The van der Waals surface area contributed by atoms with Crippen molar-refractivity contribution in [2.24, 2.45) is 0 Å². The second-order valence-corrected chi connectivity index (χ2v) is 6.28. The van der Waals surface area contributed by atoms with Crippen LogP contribution in [-0.2, 0) is 14.8 Å². The van der Waals surface area contributed by atoms with Crippen molar-refractivity contribution >= 4 is 10.0 Å². The van der Waals surface area contributed by atoms with Crippen molar-refractivity contribution in [3.05, 3.63) is 0 Å². The third-order valence-corrected chi connectivity index (χ3v) is 4.27. The van der Waals surface area contributed by atoms with E-state index in [4.69, 9.17) is 4.74 Å². The van der Waals surface area contributed by atoms with Gasteiger partial charge >= 0.3 is 6.18 Å². The van der Waals surface area contributed by atoms with Crippen molar-refractivity contribution in [3.63, 3.8) is 0 Å². The minimum absolute atomic E-state index is 0.175. The average Bonchev–Trinajstić information content (AvgIpc) is 2.06. The Balaban J connectivity index is 2.70. The third-order valence-electron chi connectivity index (χ3n) is 2.40. The Labute approximate surface area is 98.0 Å². The first kappa shape index (κ1) is 14.7. The van der Waals surface area contributed by atoms with Crippen LogP contribution in [0.2, 0.25) is 0 Å². The molecule has 0 bridgehead atoms. The van der Waals surface area contributed by atoms with Gasteiger partial charge in [-0.15, -0.1) is 0 Å². The van der Waals surface area contributed by atoms with Gasteiger partial charge in [-0.25, -0.2) is 12.7 Å². The Kier molecular flexibility index (Phi) is 4.39. The molecular formula is C8H15F3N2O3S. The number of ether oxygens (including phenoxy) is 1. The van der Waals surface area contributed by atoms with Gasteiger partial charge in [0, 0.05) is 14.1 Å². The lowest BCUT2D eigenvalue weighted by Crippen LogP contribution is -2.58. The molecule has 17 heavy (non-hydrogen) atoms. The quantitative estimate of drug-likeness (QED) is 0.755. The van der Waals surface area contributed by atoms with Crippen LogP contribution in [0, 0.1) is 0 Å². The molecular weight excluding hydrogens is 261 g/mol. The molecule has 0 aromatic heterocycles. The van der Waals surface area contributed by atoms with Crippen molar-refractivity contribution in [2.45, 2.75) is 18.3 Å². The molecule has 0 amide bonds. The number of hydrogen-bond donors (Lipinski definition) is 1. The van der Waals surface area contributed by atoms with E-state index in [0.717, 1.165) is 4.31 Å². The molecule has 1 aliphatic rings. The second-order valence-electron chi connectivity index (χ2n) is 4.06. The largest absolute Gasteiger partial charge is 0.404 e. The minimum atomic E-state index is -4.60. The molecule has 1 heterocycles. The Morgan fingerprint density at radius 3 is 2.24 bits per heavy atom. The summed E-state index contributed by atoms with van der Waals surface area (Å²) >= 11 is 0.